The Labute approximate surface area is 140 Å². The van der Waals surface area contributed by atoms with Crippen molar-refractivity contribution < 1.29 is 9.21 Å². The number of nitrogens with one attached hydrogen (secondary N) is 1. The van der Waals surface area contributed by atoms with Crippen molar-refractivity contribution in [3.63, 3.8) is 0 Å². The van der Waals surface area contributed by atoms with Gasteiger partial charge in [-0.15, -0.1) is 0 Å². The molecule has 1 atom stereocenters. The SMILES string of the molecule is CC[C@@H](C(=O)NCc1ccc(-c2ccsc2)o1)c1ccccc1. The highest BCUT2D eigenvalue weighted by Crippen LogP contribution is 2.24. The summed E-state index contributed by atoms with van der Waals surface area (Å²) in [6.07, 6.45) is 0.772. The molecular formula is C19H19NO2S. The average molecular weight is 325 g/mol. The number of carbonyl (C=O) groups excluding carboxylic acids is 1. The first kappa shape index (κ1) is 15.6. The maximum Gasteiger partial charge on any atom is 0.227 e. The van der Waals surface area contributed by atoms with Crippen molar-refractivity contribution in [1.82, 2.24) is 5.32 Å². The lowest BCUT2D eigenvalue weighted by Gasteiger charge is -2.14. The lowest BCUT2D eigenvalue weighted by molar-refractivity contribution is -0.122. The van der Waals surface area contributed by atoms with E-state index in [2.05, 4.69) is 5.32 Å². The predicted octanol–water partition coefficient (Wildman–Crippen LogP) is 4.82. The quantitative estimate of drug-likeness (QED) is 0.706. The summed E-state index contributed by atoms with van der Waals surface area (Å²) in [6.45, 7) is 2.44. The van der Waals surface area contributed by atoms with E-state index in [-0.39, 0.29) is 11.8 Å². The van der Waals surface area contributed by atoms with Gasteiger partial charge in [-0.3, -0.25) is 4.79 Å². The zero-order valence-corrected chi connectivity index (χ0v) is 13.8. The van der Waals surface area contributed by atoms with Gasteiger partial charge in [0.2, 0.25) is 5.91 Å². The summed E-state index contributed by atoms with van der Waals surface area (Å²) in [4.78, 5) is 12.4. The van der Waals surface area contributed by atoms with E-state index in [4.69, 9.17) is 4.42 Å². The second kappa shape index (κ2) is 7.29. The number of rotatable bonds is 6. The van der Waals surface area contributed by atoms with Gasteiger partial charge in [-0.25, -0.2) is 0 Å². The van der Waals surface area contributed by atoms with Gasteiger partial charge in [0.05, 0.1) is 12.5 Å². The fourth-order valence-corrected chi connectivity index (χ4v) is 3.23. The van der Waals surface area contributed by atoms with Gasteiger partial charge in [0.15, 0.2) is 0 Å². The van der Waals surface area contributed by atoms with Crippen molar-refractivity contribution in [3.05, 3.63) is 70.6 Å². The third-order valence-corrected chi connectivity index (χ3v) is 4.51. The van der Waals surface area contributed by atoms with Crippen LogP contribution in [0.25, 0.3) is 11.3 Å². The molecule has 4 heteroatoms. The molecule has 0 saturated heterocycles. The molecule has 0 spiro atoms. The second-order valence-corrected chi connectivity index (χ2v) is 6.15. The smallest absolute Gasteiger partial charge is 0.227 e. The molecule has 3 rings (SSSR count). The highest BCUT2D eigenvalue weighted by Gasteiger charge is 2.18. The Morgan fingerprint density at radius 2 is 2.00 bits per heavy atom. The summed E-state index contributed by atoms with van der Waals surface area (Å²) < 4.78 is 5.79. The Kier molecular flexibility index (Phi) is 4.93. The first-order valence-electron chi connectivity index (χ1n) is 7.72. The van der Waals surface area contributed by atoms with Gasteiger partial charge in [0, 0.05) is 10.9 Å². The summed E-state index contributed by atoms with van der Waals surface area (Å²) in [5.74, 6) is 1.52. The van der Waals surface area contributed by atoms with Crippen LogP contribution >= 0.6 is 11.3 Å². The monoisotopic (exact) mass is 325 g/mol. The maximum atomic E-state index is 12.4. The number of thiophene rings is 1. The first-order chi connectivity index (χ1) is 11.3. The first-order valence-corrected chi connectivity index (χ1v) is 8.66. The van der Waals surface area contributed by atoms with Gasteiger partial charge in [0.25, 0.3) is 0 Å². The van der Waals surface area contributed by atoms with E-state index < -0.39 is 0 Å². The summed E-state index contributed by atoms with van der Waals surface area (Å²) in [7, 11) is 0. The van der Waals surface area contributed by atoms with Crippen molar-refractivity contribution in [1.29, 1.82) is 0 Å². The molecule has 3 aromatic rings. The minimum Gasteiger partial charge on any atom is -0.459 e. The number of furan rings is 1. The molecule has 23 heavy (non-hydrogen) atoms. The maximum absolute atomic E-state index is 12.4. The largest absolute Gasteiger partial charge is 0.459 e. The van der Waals surface area contributed by atoms with Crippen LogP contribution in [0.2, 0.25) is 0 Å². The Morgan fingerprint density at radius 3 is 2.70 bits per heavy atom. The number of amides is 1. The fourth-order valence-electron chi connectivity index (χ4n) is 2.59. The Morgan fingerprint density at radius 1 is 1.17 bits per heavy atom. The van der Waals surface area contributed by atoms with Crippen molar-refractivity contribution in [2.24, 2.45) is 0 Å². The molecule has 2 heterocycles. The fraction of sp³-hybridized carbons (Fsp3) is 0.211. The Hall–Kier alpha value is -2.33. The molecule has 2 aromatic heterocycles. The van der Waals surface area contributed by atoms with Crippen LogP contribution in [0.15, 0.2) is 63.7 Å². The lowest BCUT2D eigenvalue weighted by Crippen LogP contribution is -2.28. The number of hydrogen-bond donors (Lipinski definition) is 1. The van der Waals surface area contributed by atoms with Crippen molar-refractivity contribution >= 4 is 17.2 Å². The van der Waals surface area contributed by atoms with Crippen LogP contribution in [-0.2, 0) is 11.3 Å². The molecule has 0 aliphatic rings. The molecule has 118 valence electrons. The van der Waals surface area contributed by atoms with E-state index in [1.807, 2.05) is 66.2 Å². The van der Waals surface area contributed by atoms with E-state index in [1.165, 1.54) is 0 Å². The van der Waals surface area contributed by atoms with Crippen LogP contribution in [0.4, 0.5) is 0 Å². The van der Waals surface area contributed by atoms with Gasteiger partial charge in [-0.2, -0.15) is 11.3 Å². The van der Waals surface area contributed by atoms with E-state index in [0.717, 1.165) is 29.1 Å². The molecule has 1 aromatic carbocycles. The van der Waals surface area contributed by atoms with Crippen molar-refractivity contribution in [2.45, 2.75) is 25.8 Å². The van der Waals surface area contributed by atoms with Crippen LogP contribution < -0.4 is 5.32 Å². The van der Waals surface area contributed by atoms with Crippen LogP contribution in [0.1, 0.15) is 30.6 Å². The molecule has 0 bridgehead atoms. The van der Waals surface area contributed by atoms with Crippen molar-refractivity contribution in [3.8, 4) is 11.3 Å². The number of hydrogen-bond acceptors (Lipinski definition) is 3. The standard InChI is InChI=1S/C19H19NO2S/c1-2-17(14-6-4-3-5-7-14)19(21)20-12-16-8-9-18(22-16)15-10-11-23-13-15/h3-11,13,17H,2,12H2,1H3,(H,20,21)/t17-/m1/s1. The van der Waals surface area contributed by atoms with Gasteiger partial charge < -0.3 is 9.73 Å². The van der Waals surface area contributed by atoms with E-state index in [0.29, 0.717) is 6.54 Å². The molecular weight excluding hydrogens is 306 g/mol. The van der Waals surface area contributed by atoms with Crippen LogP contribution in [0.5, 0.6) is 0 Å². The second-order valence-electron chi connectivity index (χ2n) is 5.37. The van der Waals surface area contributed by atoms with Gasteiger partial charge in [-0.1, -0.05) is 37.3 Å². The molecule has 0 aliphatic heterocycles. The van der Waals surface area contributed by atoms with Gasteiger partial charge in [0.1, 0.15) is 11.5 Å². The highest BCUT2D eigenvalue weighted by atomic mass is 32.1. The topological polar surface area (TPSA) is 42.2 Å². The number of benzene rings is 1. The summed E-state index contributed by atoms with van der Waals surface area (Å²) in [5, 5.41) is 7.04. The predicted molar refractivity (Wildman–Crippen MR) is 93.3 cm³/mol. The minimum atomic E-state index is -0.123. The molecule has 0 fully saturated rings. The number of carbonyl (C=O) groups is 1. The van der Waals surface area contributed by atoms with Crippen molar-refractivity contribution in [2.75, 3.05) is 0 Å². The minimum absolute atomic E-state index is 0.0344. The zero-order chi connectivity index (χ0) is 16.1. The molecule has 0 aliphatic carbocycles. The van der Waals surface area contributed by atoms with Gasteiger partial charge >= 0.3 is 0 Å². The van der Waals surface area contributed by atoms with Crippen LogP contribution in [-0.4, -0.2) is 5.91 Å². The molecule has 0 saturated carbocycles. The van der Waals surface area contributed by atoms with Gasteiger partial charge in [-0.05, 0) is 35.6 Å². The van der Waals surface area contributed by atoms with Crippen LogP contribution in [0.3, 0.4) is 0 Å². The third-order valence-electron chi connectivity index (χ3n) is 3.83. The summed E-state index contributed by atoms with van der Waals surface area (Å²) in [6, 6.07) is 15.8. The Bertz CT molecular complexity index is 747. The normalized spacial score (nSPS) is 12.0. The Balaban J connectivity index is 1.62. The molecule has 0 unspecified atom stereocenters. The lowest BCUT2D eigenvalue weighted by atomic mass is 9.96. The summed E-state index contributed by atoms with van der Waals surface area (Å²) in [5.41, 5.74) is 2.12. The third kappa shape index (κ3) is 3.71. The zero-order valence-electron chi connectivity index (χ0n) is 13.0. The molecule has 0 radical (unpaired) electrons. The van der Waals surface area contributed by atoms with E-state index in [9.17, 15) is 4.79 Å². The van der Waals surface area contributed by atoms with Crippen LogP contribution in [0, 0.1) is 0 Å². The van der Waals surface area contributed by atoms with E-state index >= 15 is 0 Å². The highest BCUT2D eigenvalue weighted by molar-refractivity contribution is 7.08. The molecule has 1 N–H and O–H groups in total. The molecule has 3 nitrogen and oxygen atoms in total. The van der Waals surface area contributed by atoms with E-state index in [1.54, 1.807) is 11.3 Å². The molecule has 1 amide bonds. The summed E-state index contributed by atoms with van der Waals surface area (Å²) >= 11 is 1.64. The average Bonchev–Trinajstić information content (AvgIpc) is 3.26.